The molecule has 3 heterocycles. The molecular formula is C22H27BN4O4. The fourth-order valence-electron chi connectivity index (χ4n) is 4.11. The molecule has 0 spiro atoms. The summed E-state index contributed by atoms with van der Waals surface area (Å²) >= 11 is 0. The summed E-state index contributed by atoms with van der Waals surface area (Å²) in [7, 11) is 3.34. The van der Waals surface area contributed by atoms with Crippen LogP contribution < -0.4 is 10.8 Å². The highest BCUT2D eigenvalue weighted by molar-refractivity contribution is 6.32. The summed E-state index contributed by atoms with van der Waals surface area (Å²) in [6.07, 6.45) is 5.17. The van der Waals surface area contributed by atoms with Gasteiger partial charge in [-0.1, -0.05) is 41.9 Å². The van der Waals surface area contributed by atoms with Crippen molar-refractivity contribution in [1.29, 1.82) is 0 Å². The molecule has 162 valence electrons. The number of aromatic nitrogens is 2. The standard InChI is InChI=1S/C22H27BN4O4/c1-30-22(29)25-16-5-2-3-12-31-13-17-19(14-7-9-15(23)10-8-14)26-20(24-17)18-6-4-11-27(18)21(16)28/h2-3,7-10,16,18H,4-6,11-13,23H2,1H3,(H,24,26)(H,25,29)/b3-2+. The molecule has 8 nitrogen and oxygen atoms in total. The number of ether oxygens (including phenoxy) is 2. The second-order valence-corrected chi connectivity index (χ2v) is 7.92. The molecule has 0 aliphatic carbocycles. The minimum absolute atomic E-state index is 0.132. The quantitative estimate of drug-likeness (QED) is 0.560. The zero-order valence-electron chi connectivity index (χ0n) is 17.9. The van der Waals surface area contributed by atoms with E-state index in [-0.39, 0.29) is 11.9 Å². The number of rotatable bonds is 2. The molecule has 31 heavy (non-hydrogen) atoms. The highest BCUT2D eigenvalue weighted by Crippen LogP contribution is 2.34. The van der Waals surface area contributed by atoms with Gasteiger partial charge in [0.1, 0.15) is 19.7 Å². The Bertz CT molecular complexity index is 972. The van der Waals surface area contributed by atoms with E-state index in [9.17, 15) is 9.59 Å². The smallest absolute Gasteiger partial charge is 0.407 e. The molecule has 2 atom stereocenters. The van der Waals surface area contributed by atoms with Gasteiger partial charge in [-0.25, -0.2) is 9.78 Å². The van der Waals surface area contributed by atoms with Crippen molar-refractivity contribution in [1.82, 2.24) is 20.2 Å². The number of imidazole rings is 1. The fraction of sp³-hybridized carbons (Fsp3) is 0.409. The Hall–Kier alpha value is -3.07. The normalized spacial score (nSPS) is 22.6. The van der Waals surface area contributed by atoms with E-state index < -0.39 is 12.1 Å². The van der Waals surface area contributed by atoms with Crippen molar-refractivity contribution in [2.24, 2.45) is 0 Å². The summed E-state index contributed by atoms with van der Waals surface area (Å²) in [6, 6.07) is 7.35. The van der Waals surface area contributed by atoms with Crippen LogP contribution in [-0.4, -0.2) is 61.0 Å². The topological polar surface area (TPSA) is 96.5 Å². The minimum atomic E-state index is -0.698. The predicted octanol–water partition coefficient (Wildman–Crippen LogP) is 1.20. The summed E-state index contributed by atoms with van der Waals surface area (Å²) in [6.45, 7) is 1.41. The van der Waals surface area contributed by atoms with Crippen LogP contribution >= 0.6 is 0 Å². The third-order valence-corrected chi connectivity index (χ3v) is 5.75. The third kappa shape index (κ3) is 4.66. The number of hydrogen-bond donors (Lipinski definition) is 2. The number of H-pyrrole nitrogens is 1. The SMILES string of the molecule is Bc1ccc(-c2nc3[nH]c2COC/C=C/CC(NC(=O)OC)C(=O)N2CCCC32)cc1. The van der Waals surface area contributed by atoms with Crippen LogP contribution in [0.25, 0.3) is 11.3 Å². The zero-order valence-corrected chi connectivity index (χ0v) is 17.9. The number of nitrogens with zero attached hydrogens (tertiary/aromatic N) is 2. The van der Waals surface area contributed by atoms with Gasteiger partial charge >= 0.3 is 6.09 Å². The first-order chi connectivity index (χ1) is 15.1. The number of alkyl carbamates (subject to hydrolysis) is 1. The molecule has 9 heteroatoms. The van der Waals surface area contributed by atoms with Crippen molar-refractivity contribution in [2.45, 2.75) is 38.0 Å². The molecule has 2 bridgehead atoms. The number of carbonyl (C=O) groups excluding carboxylic acids is 2. The Morgan fingerprint density at radius 3 is 2.90 bits per heavy atom. The van der Waals surface area contributed by atoms with Gasteiger partial charge in [0, 0.05) is 12.1 Å². The second-order valence-electron chi connectivity index (χ2n) is 7.92. The largest absolute Gasteiger partial charge is 0.453 e. The molecule has 2 amide bonds. The van der Waals surface area contributed by atoms with Crippen LogP contribution in [0.3, 0.4) is 0 Å². The van der Waals surface area contributed by atoms with Crippen LogP contribution in [-0.2, 0) is 20.9 Å². The van der Waals surface area contributed by atoms with E-state index in [4.69, 9.17) is 14.5 Å². The van der Waals surface area contributed by atoms with Gasteiger partial charge in [-0.3, -0.25) is 4.79 Å². The predicted molar refractivity (Wildman–Crippen MR) is 119 cm³/mol. The Kier molecular flexibility index (Phi) is 6.41. The first-order valence-electron chi connectivity index (χ1n) is 10.6. The maximum absolute atomic E-state index is 13.3. The number of amides is 2. The number of nitrogens with one attached hydrogen (secondary N) is 2. The van der Waals surface area contributed by atoms with E-state index in [1.165, 1.54) is 12.6 Å². The van der Waals surface area contributed by atoms with Gasteiger partial charge in [0.2, 0.25) is 5.91 Å². The van der Waals surface area contributed by atoms with E-state index >= 15 is 0 Å². The number of fused-ring (bicyclic) bond motifs is 4. The van der Waals surface area contributed by atoms with Gasteiger partial charge in [0.05, 0.1) is 37.8 Å². The average molecular weight is 422 g/mol. The molecule has 0 saturated carbocycles. The highest BCUT2D eigenvalue weighted by Gasteiger charge is 2.36. The van der Waals surface area contributed by atoms with Crippen molar-refractivity contribution in [2.75, 3.05) is 20.3 Å². The molecule has 2 aliphatic rings. The van der Waals surface area contributed by atoms with Gasteiger partial charge in [-0.05, 0) is 19.3 Å². The monoisotopic (exact) mass is 422 g/mol. The minimum Gasteiger partial charge on any atom is -0.453 e. The van der Waals surface area contributed by atoms with Gasteiger partial charge in [0.15, 0.2) is 0 Å². The average Bonchev–Trinajstić information content (AvgIpc) is 3.42. The Morgan fingerprint density at radius 1 is 1.32 bits per heavy atom. The molecule has 1 fully saturated rings. The van der Waals surface area contributed by atoms with Crippen LogP contribution in [0, 0.1) is 0 Å². The molecule has 2 aliphatic heterocycles. The van der Waals surface area contributed by atoms with Gasteiger partial charge in [-0.15, -0.1) is 0 Å². The highest BCUT2D eigenvalue weighted by atomic mass is 16.5. The molecule has 2 N–H and O–H groups in total. The second kappa shape index (κ2) is 9.39. The van der Waals surface area contributed by atoms with Crippen LogP contribution in [0.5, 0.6) is 0 Å². The van der Waals surface area contributed by atoms with Crippen LogP contribution in [0.15, 0.2) is 36.4 Å². The summed E-state index contributed by atoms with van der Waals surface area (Å²) in [5.41, 5.74) is 3.94. The lowest BCUT2D eigenvalue weighted by Crippen LogP contribution is -2.48. The van der Waals surface area contributed by atoms with E-state index in [1.54, 1.807) is 0 Å². The zero-order chi connectivity index (χ0) is 21.8. The molecular weight excluding hydrogens is 395 g/mol. The van der Waals surface area contributed by atoms with Crippen LogP contribution in [0.2, 0.25) is 0 Å². The lowest BCUT2D eigenvalue weighted by atomic mass is 9.94. The molecule has 1 aromatic carbocycles. The number of hydrogen-bond acceptors (Lipinski definition) is 5. The third-order valence-electron chi connectivity index (χ3n) is 5.75. The van der Waals surface area contributed by atoms with Crippen LogP contribution in [0.4, 0.5) is 4.79 Å². The van der Waals surface area contributed by atoms with Crippen molar-refractivity contribution >= 4 is 25.3 Å². The van der Waals surface area contributed by atoms with E-state index in [0.29, 0.717) is 26.2 Å². The van der Waals surface area contributed by atoms with Gasteiger partial charge < -0.3 is 24.7 Å². The molecule has 1 saturated heterocycles. The lowest BCUT2D eigenvalue weighted by Gasteiger charge is -2.27. The molecule has 4 rings (SSSR count). The number of aromatic amines is 1. The summed E-state index contributed by atoms with van der Waals surface area (Å²) in [5.74, 6) is 0.622. The van der Waals surface area contributed by atoms with E-state index in [1.807, 2.05) is 17.1 Å². The molecule has 0 radical (unpaired) electrons. The molecule has 1 aromatic heterocycles. The number of carbonyl (C=O) groups is 2. The van der Waals surface area contributed by atoms with Gasteiger partial charge in [0.25, 0.3) is 0 Å². The lowest BCUT2D eigenvalue weighted by molar-refractivity contribution is -0.134. The summed E-state index contributed by atoms with van der Waals surface area (Å²) in [4.78, 5) is 35.3. The first-order valence-corrected chi connectivity index (χ1v) is 10.6. The first kappa shape index (κ1) is 21.2. The van der Waals surface area contributed by atoms with E-state index in [2.05, 4.69) is 42.4 Å². The van der Waals surface area contributed by atoms with Crippen molar-refractivity contribution in [3.05, 3.63) is 47.9 Å². The Morgan fingerprint density at radius 2 is 2.13 bits per heavy atom. The molecule has 2 aromatic rings. The maximum Gasteiger partial charge on any atom is 0.407 e. The van der Waals surface area contributed by atoms with Crippen molar-refractivity contribution in [3.63, 3.8) is 0 Å². The number of benzene rings is 1. The van der Waals surface area contributed by atoms with Gasteiger partial charge in [-0.2, -0.15) is 0 Å². The Labute approximate surface area is 182 Å². The van der Waals surface area contributed by atoms with Crippen molar-refractivity contribution in [3.8, 4) is 11.3 Å². The Balaban J connectivity index is 1.69. The summed E-state index contributed by atoms with van der Waals surface area (Å²) < 4.78 is 10.6. The van der Waals surface area contributed by atoms with E-state index in [0.717, 1.165) is 35.6 Å². The summed E-state index contributed by atoms with van der Waals surface area (Å²) in [5, 5.41) is 2.67. The maximum atomic E-state index is 13.3. The van der Waals surface area contributed by atoms with Crippen molar-refractivity contribution < 1.29 is 19.1 Å². The fourth-order valence-corrected chi connectivity index (χ4v) is 4.11. The molecule has 2 unspecified atom stereocenters. The van der Waals surface area contributed by atoms with Crippen LogP contribution in [0.1, 0.15) is 36.8 Å². The number of methoxy groups -OCH3 is 1.